The Morgan fingerprint density at radius 1 is 1.21 bits per heavy atom. The highest BCUT2D eigenvalue weighted by Gasteiger charge is 2.07. The second-order valence-corrected chi connectivity index (χ2v) is 4.28. The van der Waals surface area contributed by atoms with Gasteiger partial charge in [0.2, 0.25) is 0 Å². The van der Waals surface area contributed by atoms with Gasteiger partial charge in [-0.25, -0.2) is 4.98 Å². The fraction of sp³-hybridized carbons (Fsp3) is 0.200. The highest BCUT2D eigenvalue weighted by molar-refractivity contribution is 6.04. The van der Waals surface area contributed by atoms with Crippen LogP contribution in [-0.2, 0) is 0 Å². The van der Waals surface area contributed by atoms with Crippen molar-refractivity contribution in [2.75, 3.05) is 17.2 Å². The van der Waals surface area contributed by atoms with E-state index in [0.29, 0.717) is 11.4 Å². The Kier molecular flexibility index (Phi) is 4.13. The molecule has 0 unspecified atom stereocenters. The normalized spacial score (nSPS) is 10.0. The molecule has 0 fully saturated rings. The summed E-state index contributed by atoms with van der Waals surface area (Å²) in [5.41, 5.74) is 2.54. The molecule has 2 rings (SSSR count). The van der Waals surface area contributed by atoms with E-state index in [4.69, 9.17) is 0 Å². The van der Waals surface area contributed by atoms with Gasteiger partial charge in [-0.2, -0.15) is 0 Å². The van der Waals surface area contributed by atoms with Gasteiger partial charge in [0.25, 0.3) is 5.91 Å². The molecule has 98 valence electrons. The van der Waals surface area contributed by atoms with Gasteiger partial charge in [-0.1, -0.05) is 17.7 Å². The van der Waals surface area contributed by atoms with Crippen LogP contribution in [0.2, 0.25) is 0 Å². The Labute approximate surface area is 112 Å². The van der Waals surface area contributed by atoms with Gasteiger partial charge in [-0.15, -0.1) is 0 Å². The lowest BCUT2D eigenvalue weighted by atomic mass is 10.2. The van der Waals surface area contributed by atoms with Crippen molar-refractivity contribution in [2.24, 2.45) is 0 Å². The van der Waals surface area contributed by atoms with Gasteiger partial charge in [-0.05, 0) is 38.1 Å². The summed E-state index contributed by atoms with van der Waals surface area (Å²) in [6, 6.07) is 11.1. The number of carbonyl (C=O) groups excluding carboxylic acids is 1. The molecular weight excluding hydrogens is 238 g/mol. The Bertz CT molecular complexity index is 564. The molecule has 0 atom stereocenters. The molecule has 0 saturated heterocycles. The highest BCUT2D eigenvalue weighted by Crippen LogP contribution is 2.12. The first-order chi connectivity index (χ1) is 9.19. The number of amides is 1. The van der Waals surface area contributed by atoms with Gasteiger partial charge in [-0.3, -0.25) is 4.79 Å². The average molecular weight is 255 g/mol. The molecule has 1 aromatic heterocycles. The topological polar surface area (TPSA) is 54.0 Å². The number of hydrogen-bond donors (Lipinski definition) is 2. The second-order valence-electron chi connectivity index (χ2n) is 4.28. The zero-order chi connectivity index (χ0) is 13.7. The van der Waals surface area contributed by atoms with E-state index in [2.05, 4.69) is 15.6 Å². The Morgan fingerprint density at radius 2 is 1.95 bits per heavy atom. The maximum absolute atomic E-state index is 12.1. The first kappa shape index (κ1) is 13.1. The molecule has 1 heterocycles. The lowest BCUT2D eigenvalue weighted by Crippen LogP contribution is -2.12. The number of nitrogens with one attached hydrogen (secondary N) is 2. The predicted molar refractivity (Wildman–Crippen MR) is 77.5 cm³/mol. The molecule has 2 N–H and O–H groups in total. The van der Waals surface area contributed by atoms with Crippen LogP contribution in [0.1, 0.15) is 22.8 Å². The molecule has 0 spiro atoms. The molecule has 0 aliphatic carbocycles. The van der Waals surface area contributed by atoms with Crippen LogP contribution in [0.3, 0.4) is 0 Å². The summed E-state index contributed by atoms with van der Waals surface area (Å²) >= 11 is 0. The van der Waals surface area contributed by atoms with Gasteiger partial charge in [0.1, 0.15) is 5.82 Å². The summed E-state index contributed by atoms with van der Waals surface area (Å²) in [5.74, 6) is 0.574. The third-order valence-corrected chi connectivity index (χ3v) is 2.69. The first-order valence-electron chi connectivity index (χ1n) is 6.27. The van der Waals surface area contributed by atoms with Crippen LogP contribution < -0.4 is 10.6 Å². The van der Waals surface area contributed by atoms with E-state index < -0.39 is 0 Å². The summed E-state index contributed by atoms with van der Waals surface area (Å²) in [6.07, 6.45) is 1.63. The van der Waals surface area contributed by atoms with Crippen LogP contribution in [0.4, 0.5) is 11.5 Å². The lowest BCUT2D eigenvalue weighted by Gasteiger charge is -2.07. The number of nitrogens with zero attached hydrogens (tertiary/aromatic N) is 1. The van der Waals surface area contributed by atoms with Crippen molar-refractivity contribution in [1.82, 2.24) is 4.98 Å². The van der Waals surface area contributed by atoms with Gasteiger partial charge >= 0.3 is 0 Å². The fourth-order valence-electron chi connectivity index (χ4n) is 1.69. The zero-order valence-corrected chi connectivity index (χ0v) is 11.1. The van der Waals surface area contributed by atoms with E-state index in [1.54, 1.807) is 18.3 Å². The van der Waals surface area contributed by atoms with Crippen molar-refractivity contribution in [3.8, 4) is 0 Å². The molecule has 1 aromatic carbocycles. The van der Waals surface area contributed by atoms with Crippen molar-refractivity contribution in [2.45, 2.75) is 13.8 Å². The predicted octanol–water partition coefficient (Wildman–Crippen LogP) is 3.07. The van der Waals surface area contributed by atoms with Gasteiger partial charge < -0.3 is 10.6 Å². The van der Waals surface area contributed by atoms with Crippen molar-refractivity contribution in [3.63, 3.8) is 0 Å². The number of pyridine rings is 1. The van der Waals surface area contributed by atoms with E-state index in [1.165, 1.54) is 0 Å². The van der Waals surface area contributed by atoms with Crippen LogP contribution in [-0.4, -0.2) is 17.4 Å². The minimum Gasteiger partial charge on any atom is -0.370 e. The molecule has 0 aliphatic heterocycles. The molecule has 4 nitrogen and oxygen atoms in total. The van der Waals surface area contributed by atoms with Crippen molar-refractivity contribution < 1.29 is 4.79 Å². The molecule has 2 aromatic rings. The molecule has 0 radical (unpaired) electrons. The molecular formula is C15H17N3O. The summed E-state index contributed by atoms with van der Waals surface area (Å²) in [6.45, 7) is 4.77. The van der Waals surface area contributed by atoms with E-state index in [1.807, 2.05) is 38.1 Å². The molecule has 4 heteroatoms. The van der Waals surface area contributed by atoms with Crippen molar-refractivity contribution in [1.29, 1.82) is 0 Å². The van der Waals surface area contributed by atoms with Gasteiger partial charge in [0.05, 0.1) is 0 Å². The quantitative estimate of drug-likeness (QED) is 0.882. The van der Waals surface area contributed by atoms with Crippen LogP contribution in [0.5, 0.6) is 0 Å². The Balaban J connectivity index is 2.11. The lowest BCUT2D eigenvalue weighted by molar-refractivity contribution is 0.102. The van der Waals surface area contributed by atoms with E-state index in [-0.39, 0.29) is 5.91 Å². The zero-order valence-electron chi connectivity index (χ0n) is 11.1. The number of hydrogen-bond acceptors (Lipinski definition) is 3. The summed E-state index contributed by atoms with van der Waals surface area (Å²) in [4.78, 5) is 16.2. The Morgan fingerprint density at radius 3 is 2.63 bits per heavy atom. The molecule has 0 saturated carbocycles. The number of aromatic nitrogens is 1. The summed E-state index contributed by atoms with van der Waals surface area (Å²) in [7, 11) is 0. The van der Waals surface area contributed by atoms with Crippen LogP contribution in [0, 0.1) is 6.92 Å². The number of anilines is 2. The number of benzene rings is 1. The molecule has 0 bridgehead atoms. The largest absolute Gasteiger partial charge is 0.370 e. The number of carbonyl (C=O) groups is 1. The first-order valence-corrected chi connectivity index (χ1v) is 6.27. The van der Waals surface area contributed by atoms with Crippen molar-refractivity contribution in [3.05, 3.63) is 53.7 Å². The molecule has 1 amide bonds. The number of aryl methyl sites for hydroxylation is 1. The third-order valence-electron chi connectivity index (χ3n) is 2.69. The standard InChI is InChI=1S/C15H17N3O/c1-3-16-14-10-12(8-9-17-14)15(19)18-13-6-4-11(2)5-7-13/h4-10H,3H2,1-2H3,(H,16,17)(H,18,19). The average Bonchev–Trinajstić information content (AvgIpc) is 2.42. The van der Waals surface area contributed by atoms with Crippen LogP contribution in [0.25, 0.3) is 0 Å². The third kappa shape index (κ3) is 3.55. The van der Waals surface area contributed by atoms with Crippen LogP contribution >= 0.6 is 0 Å². The number of rotatable bonds is 4. The minimum absolute atomic E-state index is 0.134. The van der Waals surface area contributed by atoms with Gasteiger partial charge in [0, 0.05) is 24.0 Å². The van der Waals surface area contributed by atoms with E-state index >= 15 is 0 Å². The van der Waals surface area contributed by atoms with Gasteiger partial charge in [0.15, 0.2) is 0 Å². The van der Waals surface area contributed by atoms with Crippen molar-refractivity contribution >= 4 is 17.4 Å². The molecule has 0 aliphatic rings. The monoisotopic (exact) mass is 255 g/mol. The molecule has 19 heavy (non-hydrogen) atoms. The Hall–Kier alpha value is -2.36. The summed E-state index contributed by atoms with van der Waals surface area (Å²) in [5, 5.41) is 5.94. The summed E-state index contributed by atoms with van der Waals surface area (Å²) < 4.78 is 0. The minimum atomic E-state index is -0.134. The highest BCUT2D eigenvalue weighted by atomic mass is 16.1. The van der Waals surface area contributed by atoms with E-state index in [0.717, 1.165) is 17.8 Å². The maximum atomic E-state index is 12.1. The smallest absolute Gasteiger partial charge is 0.255 e. The maximum Gasteiger partial charge on any atom is 0.255 e. The fourth-order valence-corrected chi connectivity index (χ4v) is 1.69. The SMILES string of the molecule is CCNc1cc(C(=O)Nc2ccc(C)cc2)ccn1. The van der Waals surface area contributed by atoms with E-state index in [9.17, 15) is 4.79 Å². The van der Waals surface area contributed by atoms with Crippen LogP contribution in [0.15, 0.2) is 42.6 Å². The second kappa shape index (κ2) is 6.00.